The summed E-state index contributed by atoms with van der Waals surface area (Å²) in [6.45, 7) is 7.20. The maximum absolute atomic E-state index is 5.32. The van der Waals surface area contributed by atoms with Gasteiger partial charge in [0.05, 0.1) is 19.3 Å². The fourth-order valence-electron chi connectivity index (χ4n) is 1.63. The maximum Gasteiger partial charge on any atom is 0.142 e. The minimum absolute atomic E-state index is 0.188. The van der Waals surface area contributed by atoms with Crippen LogP contribution >= 0.6 is 0 Å². The molecule has 3 heteroatoms. The number of hydrogen-bond donors (Lipinski definition) is 1. The molecular formula is C13H20N2O. The fraction of sp³-hybridized carbons (Fsp3) is 0.462. The monoisotopic (exact) mass is 220 g/mol. The van der Waals surface area contributed by atoms with Gasteiger partial charge in [-0.25, -0.2) is 0 Å². The third-order valence-corrected chi connectivity index (χ3v) is 2.30. The first kappa shape index (κ1) is 12.7. The number of likely N-dealkylation sites (N-methyl/N-ethyl adjacent to an activating group) is 1. The molecule has 1 aromatic rings. The molecule has 0 bridgehead atoms. The van der Waals surface area contributed by atoms with Gasteiger partial charge in [-0.05, 0) is 26.5 Å². The van der Waals surface area contributed by atoms with E-state index in [1.165, 1.54) is 5.57 Å². The molecule has 0 aromatic carbocycles. The van der Waals surface area contributed by atoms with Gasteiger partial charge in [-0.1, -0.05) is 18.6 Å². The normalized spacial score (nSPS) is 12.0. The molecule has 0 saturated carbocycles. The molecule has 0 spiro atoms. The predicted molar refractivity (Wildman–Crippen MR) is 66.6 cm³/mol. The molecule has 0 fully saturated rings. The summed E-state index contributed by atoms with van der Waals surface area (Å²) in [6, 6.07) is 2.18. The zero-order chi connectivity index (χ0) is 12.0. The van der Waals surface area contributed by atoms with Crippen LogP contribution in [0, 0.1) is 0 Å². The molecule has 0 aliphatic carbocycles. The number of ether oxygens (including phenoxy) is 1. The van der Waals surface area contributed by atoms with E-state index in [2.05, 4.69) is 37.1 Å². The summed E-state index contributed by atoms with van der Waals surface area (Å²) in [6.07, 6.45) is 5.74. The van der Waals surface area contributed by atoms with Gasteiger partial charge in [0.2, 0.25) is 0 Å². The molecule has 3 nitrogen and oxygen atoms in total. The lowest BCUT2D eigenvalue weighted by Gasteiger charge is -2.17. The van der Waals surface area contributed by atoms with Crippen LogP contribution < -0.4 is 10.1 Å². The first-order valence-electron chi connectivity index (χ1n) is 5.55. The van der Waals surface area contributed by atoms with Crippen molar-refractivity contribution < 1.29 is 4.74 Å². The molecule has 0 amide bonds. The standard InChI is InChI=1S/C13H20N2O/c1-5-15-12(8-10(2)3)11-6-7-14-9-13(11)16-4/h6-9,12,15H,5H2,1-4H3. The largest absolute Gasteiger partial charge is 0.495 e. The molecule has 0 aliphatic rings. The predicted octanol–water partition coefficient (Wildman–Crippen LogP) is 2.71. The zero-order valence-corrected chi connectivity index (χ0v) is 10.4. The van der Waals surface area contributed by atoms with E-state index < -0.39 is 0 Å². The average Bonchev–Trinajstić information content (AvgIpc) is 2.28. The van der Waals surface area contributed by atoms with Crippen molar-refractivity contribution in [2.45, 2.75) is 26.8 Å². The molecule has 88 valence electrons. The van der Waals surface area contributed by atoms with Crippen molar-refractivity contribution >= 4 is 0 Å². The van der Waals surface area contributed by atoms with Gasteiger partial charge in [0.1, 0.15) is 5.75 Å². The Kier molecular flexibility index (Phi) is 4.99. The summed E-state index contributed by atoms with van der Waals surface area (Å²) in [7, 11) is 1.67. The number of hydrogen-bond acceptors (Lipinski definition) is 3. The van der Waals surface area contributed by atoms with Gasteiger partial charge < -0.3 is 10.1 Å². The average molecular weight is 220 g/mol. The highest BCUT2D eigenvalue weighted by Crippen LogP contribution is 2.25. The van der Waals surface area contributed by atoms with E-state index in [4.69, 9.17) is 4.74 Å². The number of allylic oxidation sites excluding steroid dienone is 1. The molecular weight excluding hydrogens is 200 g/mol. The number of methoxy groups -OCH3 is 1. The van der Waals surface area contributed by atoms with Gasteiger partial charge in [0.25, 0.3) is 0 Å². The summed E-state index contributed by atoms with van der Waals surface area (Å²) in [5.74, 6) is 0.825. The quantitative estimate of drug-likeness (QED) is 0.775. The summed E-state index contributed by atoms with van der Waals surface area (Å²) in [5, 5.41) is 3.42. The maximum atomic E-state index is 5.32. The van der Waals surface area contributed by atoms with Crippen molar-refractivity contribution in [1.82, 2.24) is 10.3 Å². The van der Waals surface area contributed by atoms with Crippen LogP contribution in [-0.2, 0) is 0 Å². The fourth-order valence-corrected chi connectivity index (χ4v) is 1.63. The SMILES string of the molecule is CCNC(C=C(C)C)c1ccncc1OC. The molecule has 1 unspecified atom stereocenters. The minimum atomic E-state index is 0.188. The van der Waals surface area contributed by atoms with E-state index in [-0.39, 0.29) is 6.04 Å². The third-order valence-electron chi connectivity index (χ3n) is 2.30. The summed E-state index contributed by atoms with van der Waals surface area (Å²) in [5.41, 5.74) is 2.41. The van der Waals surface area contributed by atoms with Crippen LogP contribution in [0.25, 0.3) is 0 Å². The van der Waals surface area contributed by atoms with Crippen LogP contribution in [0.2, 0.25) is 0 Å². The van der Waals surface area contributed by atoms with Gasteiger partial charge in [-0.15, -0.1) is 0 Å². The first-order valence-corrected chi connectivity index (χ1v) is 5.55. The number of aromatic nitrogens is 1. The molecule has 0 saturated heterocycles. The van der Waals surface area contributed by atoms with Crippen LogP contribution in [0.4, 0.5) is 0 Å². The minimum Gasteiger partial charge on any atom is -0.495 e. The van der Waals surface area contributed by atoms with E-state index in [0.717, 1.165) is 17.9 Å². The van der Waals surface area contributed by atoms with Gasteiger partial charge in [0, 0.05) is 11.8 Å². The van der Waals surface area contributed by atoms with Crippen LogP contribution in [0.1, 0.15) is 32.4 Å². The second-order valence-electron chi connectivity index (χ2n) is 3.90. The van der Waals surface area contributed by atoms with Gasteiger partial charge in [-0.3, -0.25) is 4.98 Å². The Hall–Kier alpha value is -1.35. The summed E-state index contributed by atoms with van der Waals surface area (Å²) in [4.78, 5) is 4.06. The van der Waals surface area contributed by atoms with E-state index in [1.807, 2.05) is 6.07 Å². The lowest BCUT2D eigenvalue weighted by atomic mass is 10.1. The van der Waals surface area contributed by atoms with Gasteiger partial charge in [-0.2, -0.15) is 0 Å². The highest BCUT2D eigenvalue weighted by molar-refractivity contribution is 5.35. The van der Waals surface area contributed by atoms with Crippen LogP contribution in [-0.4, -0.2) is 18.6 Å². The molecule has 16 heavy (non-hydrogen) atoms. The van der Waals surface area contributed by atoms with E-state index in [9.17, 15) is 0 Å². The molecule has 1 atom stereocenters. The number of pyridine rings is 1. The molecule has 1 rings (SSSR count). The number of rotatable bonds is 5. The van der Waals surface area contributed by atoms with Crippen molar-refractivity contribution in [2.75, 3.05) is 13.7 Å². The van der Waals surface area contributed by atoms with E-state index in [0.29, 0.717) is 0 Å². The topological polar surface area (TPSA) is 34.2 Å². The highest BCUT2D eigenvalue weighted by atomic mass is 16.5. The number of nitrogens with zero attached hydrogens (tertiary/aromatic N) is 1. The summed E-state index contributed by atoms with van der Waals surface area (Å²) >= 11 is 0. The summed E-state index contributed by atoms with van der Waals surface area (Å²) < 4.78 is 5.32. The lowest BCUT2D eigenvalue weighted by molar-refractivity contribution is 0.403. The van der Waals surface area contributed by atoms with E-state index >= 15 is 0 Å². The lowest BCUT2D eigenvalue weighted by Crippen LogP contribution is -2.20. The Morgan fingerprint density at radius 3 is 2.88 bits per heavy atom. The van der Waals surface area contributed by atoms with E-state index in [1.54, 1.807) is 19.5 Å². The molecule has 1 N–H and O–H groups in total. The van der Waals surface area contributed by atoms with Crippen molar-refractivity contribution in [3.63, 3.8) is 0 Å². The third kappa shape index (κ3) is 3.35. The molecule has 1 heterocycles. The Balaban J connectivity index is 3.04. The highest BCUT2D eigenvalue weighted by Gasteiger charge is 2.12. The van der Waals surface area contributed by atoms with Gasteiger partial charge in [0.15, 0.2) is 0 Å². The Bertz CT molecular complexity index is 357. The van der Waals surface area contributed by atoms with Gasteiger partial charge >= 0.3 is 0 Å². The molecule has 1 aromatic heterocycles. The van der Waals surface area contributed by atoms with Crippen molar-refractivity contribution in [1.29, 1.82) is 0 Å². The Labute approximate surface area is 97.5 Å². The van der Waals surface area contributed by atoms with Crippen molar-refractivity contribution in [3.05, 3.63) is 35.7 Å². The van der Waals surface area contributed by atoms with Crippen LogP contribution in [0.15, 0.2) is 30.1 Å². The van der Waals surface area contributed by atoms with Crippen molar-refractivity contribution in [3.8, 4) is 5.75 Å². The zero-order valence-electron chi connectivity index (χ0n) is 10.4. The second-order valence-corrected chi connectivity index (χ2v) is 3.90. The molecule has 0 radical (unpaired) electrons. The van der Waals surface area contributed by atoms with Crippen LogP contribution in [0.5, 0.6) is 5.75 Å². The number of nitrogens with one attached hydrogen (secondary N) is 1. The van der Waals surface area contributed by atoms with Crippen molar-refractivity contribution in [2.24, 2.45) is 0 Å². The Morgan fingerprint density at radius 1 is 1.56 bits per heavy atom. The van der Waals surface area contributed by atoms with Crippen LogP contribution in [0.3, 0.4) is 0 Å². The smallest absolute Gasteiger partial charge is 0.142 e. The second kappa shape index (κ2) is 6.28. The Morgan fingerprint density at radius 2 is 2.31 bits per heavy atom. The first-order chi connectivity index (χ1) is 7.69. The molecule has 0 aliphatic heterocycles.